The molecular formula is C13H19NO5. The summed E-state index contributed by atoms with van der Waals surface area (Å²) in [6.45, 7) is 0.846. The molecule has 6 nitrogen and oxygen atoms in total. The van der Waals surface area contributed by atoms with Gasteiger partial charge in [0, 0.05) is 13.1 Å². The average molecular weight is 269 g/mol. The molecule has 1 fully saturated rings. The number of nitrogens with one attached hydrogen (secondary N) is 1. The van der Waals surface area contributed by atoms with Crippen molar-refractivity contribution in [3.63, 3.8) is 0 Å². The molecule has 5 atom stereocenters. The topological polar surface area (TPSA) is 102 Å². The average Bonchev–Trinajstić information content (AvgIpc) is 2.43. The molecule has 1 heterocycles. The van der Waals surface area contributed by atoms with Crippen LogP contribution in [0, 0.1) is 0 Å². The molecule has 1 aliphatic heterocycles. The summed E-state index contributed by atoms with van der Waals surface area (Å²) in [5.74, 6) is 0. The highest BCUT2D eigenvalue weighted by Crippen LogP contribution is 2.19. The Bertz CT molecular complexity index is 388. The Balaban J connectivity index is 1.82. The summed E-state index contributed by atoms with van der Waals surface area (Å²) in [5.41, 5.74) is 1.08. The van der Waals surface area contributed by atoms with Crippen LogP contribution in [0.25, 0.3) is 0 Å². The van der Waals surface area contributed by atoms with Crippen molar-refractivity contribution in [2.24, 2.45) is 0 Å². The number of aliphatic hydroxyl groups is 4. The maximum absolute atomic E-state index is 9.74. The zero-order chi connectivity index (χ0) is 13.8. The molecule has 6 heteroatoms. The largest absolute Gasteiger partial charge is 0.388 e. The molecule has 1 aromatic carbocycles. The molecule has 0 spiro atoms. The maximum Gasteiger partial charge on any atom is 0.184 e. The van der Waals surface area contributed by atoms with Gasteiger partial charge in [0.05, 0.1) is 0 Å². The lowest BCUT2D eigenvalue weighted by Crippen LogP contribution is -2.59. The Labute approximate surface area is 111 Å². The fraction of sp³-hybridized carbons (Fsp3) is 0.538. The van der Waals surface area contributed by atoms with Gasteiger partial charge >= 0.3 is 0 Å². The summed E-state index contributed by atoms with van der Waals surface area (Å²) in [6, 6.07) is 9.68. The number of ether oxygens (including phenoxy) is 1. The minimum atomic E-state index is -1.49. The first-order valence-corrected chi connectivity index (χ1v) is 6.22. The fourth-order valence-corrected chi connectivity index (χ4v) is 2.05. The van der Waals surface area contributed by atoms with E-state index < -0.39 is 30.7 Å². The first-order valence-electron chi connectivity index (χ1n) is 6.22. The minimum absolute atomic E-state index is 0.261. The zero-order valence-corrected chi connectivity index (χ0v) is 10.4. The van der Waals surface area contributed by atoms with Gasteiger partial charge in [-0.3, -0.25) is 0 Å². The van der Waals surface area contributed by atoms with E-state index in [9.17, 15) is 20.4 Å². The minimum Gasteiger partial charge on any atom is -0.388 e. The summed E-state index contributed by atoms with van der Waals surface area (Å²) in [6.07, 6.45) is -6.38. The third kappa shape index (κ3) is 3.50. The standard InChI is InChI=1S/C13H19NO5/c15-10-9(19-13(18)12(17)11(10)16)7-14-6-8-4-2-1-3-5-8/h1-5,9-18H,6-7H2/t9-,10-,11?,12+,13?/m1/s1. The van der Waals surface area contributed by atoms with Crippen LogP contribution in [0.3, 0.4) is 0 Å². The number of rotatable bonds is 4. The molecule has 1 aromatic rings. The molecule has 0 saturated carbocycles. The fourth-order valence-electron chi connectivity index (χ4n) is 2.05. The first-order chi connectivity index (χ1) is 9.09. The molecule has 0 aromatic heterocycles. The van der Waals surface area contributed by atoms with Gasteiger partial charge in [-0.2, -0.15) is 0 Å². The van der Waals surface area contributed by atoms with Crippen LogP contribution >= 0.6 is 0 Å². The van der Waals surface area contributed by atoms with Gasteiger partial charge in [0.15, 0.2) is 6.29 Å². The van der Waals surface area contributed by atoms with Crippen LogP contribution < -0.4 is 5.32 Å². The van der Waals surface area contributed by atoms with Gasteiger partial charge in [-0.15, -0.1) is 0 Å². The monoisotopic (exact) mass is 269 g/mol. The van der Waals surface area contributed by atoms with E-state index in [2.05, 4.69) is 5.32 Å². The van der Waals surface area contributed by atoms with Gasteiger partial charge in [-0.05, 0) is 5.56 Å². The van der Waals surface area contributed by atoms with Gasteiger partial charge in [0.2, 0.25) is 0 Å². The molecular weight excluding hydrogens is 250 g/mol. The summed E-state index contributed by atoms with van der Waals surface area (Å²) < 4.78 is 5.05. The van der Waals surface area contributed by atoms with Crippen LogP contribution in [0.5, 0.6) is 0 Å². The van der Waals surface area contributed by atoms with E-state index in [0.29, 0.717) is 6.54 Å². The predicted octanol–water partition coefficient (Wildman–Crippen LogP) is -1.42. The second-order valence-electron chi connectivity index (χ2n) is 4.65. The number of hydrogen-bond acceptors (Lipinski definition) is 6. The van der Waals surface area contributed by atoms with E-state index >= 15 is 0 Å². The van der Waals surface area contributed by atoms with Crippen molar-refractivity contribution in [3.8, 4) is 0 Å². The molecule has 5 N–H and O–H groups in total. The summed E-state index contributed by atoms with van der Waals surface area (Å²) >= 11 is 0. The van der Waals surface area contributed by atoms with Crippen molar-refractivity contribution in [3.05, 3.63) is 35.9 Å². The molecule has 0 amide bonds. The Morgan fingerprint density at radius 1 is 0.947 bits per heavy atom. The Morgan fingerprint density at radius 2 is 1.63 bits per heavy atom. The van der Waals surface area contributed by atoms with Crippen molar-refractivity contribution in [1.82, 2.24) is 5.32 Å². The first kappa shape index (κ1) is 14.4. The third-order valence-electron chi connectivity index (χ3n) is 3.20. The normalized spacial score (nSPS) is 35.3. The van der Waals surface area contributed by atoms with E-state index in [-0.39, 0.29) is 6.54 Å². The summed E-state index contributed by atoms with van der Waals surface area (Å²) in [4.78, 5) is 0. The van der Waals surface area contributed by atoms with E-state index in [0.717, 1.165) is 5.56 Å². The van der Waals surface area contributed by atoms with Crippen LogP contribution in [0.15, 0.2) is 30.3 Å². The van der Waals surface area contributed by atoms with Gasteiger partial charge < -0.3 is 30.5 Å². The van der Waals surface area contributed by atoms with Crippen LogP contribution in [-0.2, 0) is 11.3 Å². The second kappa shape index (κ2) is 6.42. The van der Waals surface area contributed by atoms with Crippen molar-refractivity contribution in [1.29, 1.82) is 0 Å². The molecule has 0 radical (unpaired) electrons. The SMILES string of the molecule is OC1O[C@H](CNCc2ccccc2)[C@@H](O)C(O)[C@@H]1O. The second-order valence-corrected chi connectivity index (χ2v) is 4.65. The molecule has 0 aliphatic carbocycles. The van der Waals surface area contributed by atoms with Gasteiger partial charge in [0.1, 0.15) is 24.4 Å². The van der Waals surface area contributed by atoms with E-state index in [4.69, 9.17) is 4.74 Å². The van der Waals surface area contributed by atoms with Crippen molar-refractivity contribution >= 4 is 0 Å². The number of benzene rings is 1. The third-order valence-corrected chi connectivity index (χ3v) is 3.20. The molecule has 1 saturated heterocycles. The molecule has 2 rings (SSSR count). The molecule has 106 valence electrons. The van der Waals surface area contributed by atoms with Crippen molar-refractivity contribution < 1.29 is 25.2 Å². The zero-order valence-electron chi connectivity index (χ0n) is 10.4. The molecule has 0 bridgehead atoms. The number of aliphatic hydroxyl groups excluding tert-OH is 4. The van der Waals surface area contributed by atoms with Gasteiger partial charge in [0.25, 0.3) is 0 Å². The van der Waals surface area contributed by atoms with Gasteiger partial charge in [-0.25, -0.2) is 0 Å². The molecule has 1 aliphatic rings. The number of hydrogen-bond donors (Lipinski definition) is 5. The van der Waals surface area contributed by atoms with Crippen molar-refractivity contribution in [2.75, 3.05) is 6.54 Å². The lowest BCUT2D eigenvalue weighted by atomic mass is 9.99. The highest BCUT2D eigenvalue weighted by atomic mass is 16.6. The predicted molar refractivity (Wildman–Crippen MR) is 67.0 cm³/mol. The van der Waals surface area contributed by atoms with E-state index in [1.54, 1.807) is 0 Å². The summed E-state index contributed by atoms with van der Waals surface area (Å²) in [7, 11) is 0. The lowest BCUT2D eigenvalue weighted by Gasteiger charge is -2.38. The Hall–Kier alpha value is -1.02. The Kier molecular flexibility index (Phi) is 4.87. The Morgan fingerprint density at radius 3 is 2.32 bits per heavy atom. The van der Waals surface area contributed by atoms with E-state index in [1.807, 2.05) is 30.3 Å². The highest BCUT2D eigenvalue weighted by molar-refractivity contribution is 5.14. The van der Waals surface area contributed by atoms with E-state index in [1.165, 1.54) is 0 Å². The lowest BCUT2D eigenvalue weighted by molar-refractivity contribution is -0.280. The van der Waals surface area contributed by atoms with Crippen LogP contribution in [0.2, 0.25) is 0 Å². The quantitative estimate of drug-likeness (QED) is 0.459. The van der Waals surface area contributed by atoms with Crippen LogP contribution in [0.4, 0.5) is 0 Å². The maximum atomic E-state index is 9.74. The molecule has 19 heavy (non-hydrogen) atoms. The molecule has 2 unspecified atom stereocenters. The summed E-state index contributed by atoms with van der Waals surface area (Å²) in [5, 5.41) is 41.1. The van der Waals surface area contributed by atoms with Crippen LogP contribution in [-0.4, -0.2) is 57.7 Å². The highest BCUT2D eigenvalue weighted by Gasteiger charge is 2.42. The van der Waals surface area contributed by atoms with Crippen molar-refractivity contribution in [2.45, 2.75) is 37.3 Å². The van der Waals surface area contributed by atoms with Gasteiger partial charge in [-0.1, -0.05) is 30.3 Å². The van der Waals surface area contributed by atoms with Crippen LogP contribution in [0.1, 0.15) is 5.56 Å². The smallest absolute Gasteiger partial charge is 0.184 e.